The molecule has 0 aromatic carbocycles. The largest absolute Gasteiger partial charge is 0.455 e. The smallest absolute Gasteiger partial charge is 0.334 e. The first-order valence-electron chi connectivity index (χ1n) is 17.4. The summed E-state index contributed by atoms with van der Waals surface area (Å²) in [6, 6.07) is 0. The fourth-order valence-electron chi connectivity index (χ4n) is 6.43. The van der Waals surface area contributed by atoms with Crippen LogP contribution in [0.15, 0.2) is 11.6 Å². The lowest BCUT2D eigenvalue weighted by Crippen LogP contribution is -2.03. The minimum atomic E-state index is -0.0933. The van der Waals surface area contributed by atoms with Gasteiger partial charge in [0.2, 0.25) is 0 Å². The molecule has 226 valence electrons. The predicted octanol–water partition coefficient (Wildman–Crippen LogP) is 10.2. The van der Waals surface area contributed by atoms with Crippen molar-refractivity contribution in [2.24, 2.45) is 0 Å². The normalized spacial score (nSPS) is 25.6. The number of cyclic esters (lactones) is 1. The predicted molar refractivity (Wildman–Crippen MR) is 162 cm³/mol. The topological polar surface area (TPSA) is 51.4 Å². The van der Waals surface area contributed by atoms with Gasteiger partial charge in [0.05, 0.1) is 24.4 Å². The molecule has 39 heavy (non-hydrogen) atoms. The zero-order valence-electron chi connectivity index (χ0n) is 25.8. The second kappa shape index (κ2) is 20.1. The van der Waals surface area contributed by atoms with Crippen LogP contribution in [0.5, 0.6) is 0 Å². The van der Waals surface area contributed by atoms with Gasteiger partial charge in [-0.2, -0.15) is 0 Å². The van der Waals surface area contributed by atoms with Crippen molar-refractivity contribution in [1.82, 2.24) is 0 Å². The molecule has 3 rings (SSSR count). The van der Waals surface area contributed by atoms with Crippen LogP contribution < -0.4 is 0 Å². The molecular formula is C35H62O4. The molecule has 0 amide bonds. The van der Waals surface area contributed by atoms with Gasteiger partial charge in [-0.05, 0) is 51.5 Å². The molecule has 0 saturated carbocycles. The molecule has 2 fully saturated rings. The molecule has 5 atom stereocenters. The van der Waals surface area contributed by atoms with Crippen molar-refractivity contribution in [2.45, 2.75) is 205 Å². The first-order chi connectivity index (χ1) is 19.2. The first kappa shape index (κ1) is 32.6. The van der Waals surface area contributed by atoms with E-state index in [0.717, 1.165) is 18.4 Å². The molecule has 0 unspecified atom stereocenters. The molecule has 3 aliphatic heterocycles. The van der Waals surface area contributed by atoms with Gasteiger partial charge in [0.25, 0.3) is 0 Å². The number of epoxide rings is 2. The number of ether oxygens (including phenoxy) is 3. The van der Waals surface area contributed by atoms with Gasteiger partial charge in [-0.25, -0.2) is 4.79 Å². The highest BCUT2D eigenvalue weighted by Gasteiger charge is 2.42. The fourth-order valence-corrected chi connectivity index (χ4v) is 6.43. The summed E-state index contributed by atoms with van der Waals surface area (Å²) < 4.78 is 17.0. The second-order valence-corrected chi connectivity index (χ2v) is 12.9. The molecule has 2 saturated heterocycles. The lowest BCUT2D eigenvalue weighted by atomic mass is 10.0. The average Bonchev–Trinajstić information content (AvgIpc) is 3.83. The van der Waals surface area contributed by atoms with E-state index in [1.165, 1.54) is 148 Å². The maximum Gasteiger partial charge on any atom is 0.334 e. The second-order valence-electron chi connectivity index (χ2n) is 12.9. The Morgan fingerprint density at radius 2 is 0.923 bits per heavy atom. The number of carbonyl (C=O) groups is 1. The summed E-state index contributed by atoms with van der Waals surface area (Å²) in [4.78, 5) is 11.6. The van der Waals surface area contributed by atoms with Crippen molar-refractivity contribution in [3.8, 4) is 0 Å². The third-order valence-electron chi connectivity index (χ3n) is 9.13. The number of rotatable bonds is 27. The summed E-state index contributed by atoms with van der Waals surface area (Å²) in [6.45, 7) is 4.22. The Balaban J connectivity index is 0.980. The van der Waals surface area contributed by atoms with Crippen molar-refractivity contribution >= 4 is 5.97 Å². The number of hydrogen-bond donors (Lipinski definition) is 0. The summed E-state index contributed by atoms with van der Waals surface area (Å²) in [6.07, 6.45) is 37.4. The zero-order chi connectivity index (χ0) is 27.5. The Bertz CT molecular complexity index is 674. The van der Waals surface area contributed by atoms with Gasteiger partial charge in [-0.1, -0.05) is 129 Å². The third-order valence-corrected chi connectivity index (χ3v) is 9.13. The van der Waals surface area contributed by atoms with E-state index in [4.69, 9.17) is 14.2 Å². The highest BCUT2D eigenvalue weighted by atomic mass is 16.6. The van der Waals surface area contributed by atoms with E-state index in [-0.39, 0.29) is 12.1 Å². The zero-order valence-corrected chi connectivity index (χ0v) is 25.8. The Kier molecular flexibility index (Phi) is 16.8. The van der Waals surface area contributed by atoms with Crippen LogP contribution in [0.4, 0.5) is 0 Å². The Labute approximate surface area is 241 Å². The molecular weight excluding hydrogens is 484 g/mol. The summed E-state index contributed by atoms with van der Waals surface area (Å²) in [7, 11) is 0. The molecule has 0 aromatic rings. The number of esters is 1. The van der Waals surface area contributed by atoms with Gasteiger partial charge in [0.1, 0.15) is 6.10 Å². The molecule has 4 nitrogen and oxygen atoms in total. The van der Waals surface area contributed by atoms with Gasteiger partial charge in [-0.15, -0.1) is 0 Å². The number of unbranched alkanes of at least 4 members (excludes halogenated alkanes) is 18. The molecule has 0 radical (unpaired) electrons. The van der Waals surface area contributed by atoms with Crippen molar-refractivity contribution < 1.29 is 19.0 Å². The van der Waals surface area contributed by atoms with E-state index in [1.807, 2.05) is 13.0 Å². The molecule has 4 heteroatoms. The van der Waals surface area contributed by atoms with Crippen LogP contribution >= 0.6 is 0 Å². The summed E-state index contributed by atoms with van der Waals surface area (Å²) in [5.41, 5.74) is 0.896. The van der Waals surface area contributed by atoms with E-state index in [9.17, 15) is 4.79 Å². The Morgan fingerprint density at radius 1 is 0.538 bits per heavy atom. The maximum atomic E-state index is 11.6. The standard InChI is InChI=1S/C35H62O4/c1-3-4-5-6-7-15-18-21-24-31-33(38-31)26-27-34-32(39-34)25-22-19-16-13-11-9-8-10-12-14-17-20-23-30-28-29(2)37-35(30)36/h28-29,31-34H,3-27H2,1-2H3/t29-,31-,32-,33-,34-/m1/s1. The van der Waals surface area contributed by atoms with E-state index in [0.29, 0.717) is 24.4 Å². The molecule has 3 aliphatic rings. The van der Waals surface area contributed by atoms with E-state index in [1.54, 1.807) is 0 Å². The molecule has 0 aliphatic carbocycles. The third kappa shape index (κ3) is 15.1. The monoisotopic (exact) mass is 546 g/mol. The summed E-state index contributed by atoms with van der Waals surface area (Å²) in [5, 5.41) is 0. The van der Waals surface area contributed by atoms with Crippen molar-refractivity contribution in [1.29, 1.82) is 0 Å². The lowest BCUT2D eigenvalue weighted by Gasteiger charge is -2.03. The van der Waals surface area contributed by atoms with Crippen LogP contribution in [0.2, 0.25) is 0 Å². The van der Waals surface area contributed by atoms with Gasteiger partial charge in [0, 0.05) is 5.57 Å². The van der Waals surface area contributed by atoms with Gasteiger partial charge in [0.15, 0.2) is 0 Å². The highest BCUT2D eigenvalue weighted by Crippen LogP contribution is 2.37. The number of hydrogen-bond acceptors (Lipinski definition) is 4. The lowest BCUT2D eigenvalue weighted by molar-refractivity contribution is -0.139. The van der Waals surface area contributed by atoms with Gasteiger partial charge in [-0.3, -0.25) is 0 Å². The van der Waals surface area contributed by atoms with Crippen LogP contribution in [-0.4, -0.2) is 36.5 Å². The first-order valence-corrected chi connectivity index (χ1v) is 17.4. The van der Waals surface area contributed by atoms with Crippen molar-refractivity contribution in [2.75, 3.05) is 0 Å². The van der Waals surface area contributed by atoms with Crippen LogP contribution in [0, 0.1) is 0 Å². The molecule has 0 spiro atoms. The molecule has 3 heterocycles. The van der Waals surface area contributed by atoms with E-state index >= 15 is 0 Å². The van der Waals surface area contributed by atoms with Gasteiger partial charge < -0.3 is 14.2 Å². The van der Waals surface area contributed by atoms with Crippen molar-refractivity contribution in [3.05, 3.63) is 11.6 Å². The van der Waals surface area contributed by atoms with Crippen LogP contribution in [-0.2, 0) is 19.0 Å². The van der Waals surface area contributed by atoms with E-state index in [2.05, 4.69) is 6.92 Å². The molecule has 0 bridgehead atoms. The van der Waals surface area contributed by atoms with Crippen LogP contribution in [0.1, 0.15) is 174 Å². The minimum Gasteiger partial charge on any atom is -0.455 e. The van der Waals surface area contributed by atoms with Crippen LogP contribution in [0.3, 0.4) is 0 Å². The maximum absolute atomic E-state index is 11.6. The van der Waals surface area contributed by atoms with Crippen LogP contribution in [0.25, 0.3) is 0 Å². The van der Waals surface area contributed by atoms with Crippen molar-refractivity contribution in [3.63, 3.8) is 0 Å². The highest BCUT2D eigenvalue weighted by molar-refractivity contribution is 5.90. The fraction of sp³-hybridized carbons (Fsp3) is 0.914. The summed E-state index contributed by atoms with van der Waals surface area (Å²) >= 11 is 0. The minimum absolute atomic E-state index is 0.0212. The Morgan fingerprint density at radius 3 is 1.33 bits per heavy atom. The molecule has 0 N–H and O–H groups in total. The summed E-state index contributed by atoms with van der Waals surface area (Å²) in [5.74, 6) is -0.0933. The quantitative estimate of drug-likeness (QED) is 0.0584. The SMILES string of the molecule is CCCCCCCCCC[C@H]1O[C@@H]1CC[C@H]1O[C@@H]1CCCCCCCCCCCCCCC1=C[C@@H](C)OC1=O. The van der Waals surface area contributed by atoms with Gasteiger partial charge >= 0.3 is 5.97 Å². The average molecular weight is 547 g/mol. The van der Waals surface area contributed by atoms with E-state index < -0.39 is 0 Å². The number of carbonyl (C=O) groups excluding carboxylic acids is 1. The molecule has 0 aromatic heterocycles. The Hall–Kier alpha value is -0.870.